The highest BCUT2D eigenvalue weighted by Gasteiger charge is 2.21. The van der Waals surface area contributed by atoms with Gasteiger partial charge in [0.05, 0.1) is 6.61 Å². The molecule has 0 amide bonds. The number of hydrogen-bond donors (Lipinski definition) is 0. The molecule has 1 atom stereocenters. The summed E-state index contributed by atoms with van der Waals surface area (Å²) in [6.07, 6.45) is 2.49. The fraction of sp³-hybridized carbons (Fsp3) is 0.412. The summed E-state index contributed by atoms with van der Waals surface area (Å²) in [5.74, 6) is -2.01. The van der Waals surface area contributed by atoms with Crippen LogP contribution in [0.3, 0.4) is 0 Å². The van der Waals surface area contributed by atoms with Crippen LogP contribution < -0.4 is 4.74 Å². The molecular weight excluding hydrogens is 288 g/mol. The number of alkyl halides is 2. The molecule has 2 rings (SSSR count). The van der Waals surface area contributed by atoms with Crippen molar-refractivity contribution in [1.82, 2.24) is 4.98 Å². The second-order valence-corrected chi connectivity index (χ2v) is 5.74. The number of ether oxygens (including phenoxy) is 1. The third-order valence-electron chi connectivity index (χ3n) is 3.43. The average molecular weight is 307 g/mol. The molecule has 0 aliphatic rings. The molecule has 1 aromatic carbocycles. The molecule has 0 aliphatic carbocycles. The number of aromatic nitrogens is 1. The minimum absolute atomic E-state index is 0.0235. The van der Waals surface area contributed by atoms with Crippen molar-refractivity contribution in [3.05, 3.63) is 36.0 Å². The molecule has 22 heavy (non-hydrogen) atoms. The van der Waals surface area contributed by atoms with Crippen molar-refractivity contribution in [1.29, 1.82) is 0 Å². The van der Waals surface area contributed by atoms with Crippen LogP contribution in [0.25, 0.3) is 10.9 Å². The van der Waals surface area contributed by atoms with Gasteiger partial charge < -0.3 is 4.74 Å². The third kappa shape index (κ3) is 4.48. The van der Waals surface area contributed by atoms with Gasteiger partial charge in [-0.15, -0.1) is 0 Å². The Kier molecular flexibility index (Phi) is 5.06. The van der Waals surface area contributed by atoms with E-state index in [1.165, 1.54) is 6.20 Å². The first-order valence-electron chi connectivity index (χ1n) is 7.23. The first kappa shape index (κ1) is 16.3. The Labute approximate surface area is 128 Å². The van der Waals surface area contributed by atoms with Gasteiger partial charge in [-0.2, -0.15) is 0 Å². The van der Waals surface area contributed by atoms with Gasteiger partial charge in [-0.1, -0.05) is 19.1 Å². The Hall–Kier alpha value is -2.04. The van der Waals surface area contributed by atoms with Gasteiger partial charge in [0.25, 0.3) is 0 Å². The van der Waals surface area contributed by atoms with E-state index in [-0.39, 0.29) is 12.3 Å². The van der Waals surface area contributed by atoms with Crippen LogP contribution in [0.5, 0.6) is 5.75 Å². The largest absolute Gasteiger partial charge is 0.491 e. The smallest absolute Gasteiger partial charge is 0.245 e. The molecule has 0 radical (unpaired) electrons. The molecule has 0 saturated heterocycles. The monoisotopic (exact) mass is 307 g/mol. The molecule has 0 aliphatic heterocycles. The quantitative estimate of drug-likeness (QED) is 0.707. The lowest BCUT2D eigenvalue weighted by molar-refractivity contribution is 0.00558. The first-order chi connectivity index (χ1) is 10.4. The molecule has 5 heteroatoms. The molecule has 118 valence electrons. The molecule has 2 aromatic rings. The Morgan fingerprint density at radius 2 is 2.18 bits per heavy atom. The number of benzene rings is 1. The van der Waals surface area contributed by atoms with Crippen LogP contribution in [0, 0.1) is 5.92 Å². The highest BCUT2D eigenvalue weighted by atomic mass is 19.3. The summed E-state index contributed by atoms with van der Waals surface area (Å²) in [4.78, 5) is 15.0. The molecule has 1 heterocycles. The number of aldehydes is 1. The number of pyridine rings is 1. The maximum absolute atomic E-state index is 12.8. The van der Waals surface area contributed by atoms with Crippen molar-refractivity contribution >= 4 is 17.2 Å². The first-order valence-corrected chi connectivity index (χ1v) is 7.23. The van der Waals surface area contributed by atoms with Gasteiger partial charge >= 0.3 is 0 Å². The fourth-order valence-electron chi connectivity index (χ4n) is 2.15. The molecule has 0 saturated carbocycles. The summed E-state index contributed by atoms with van der Waals surface area (Å²) >= 11 is 0. The van der Waals surface area contributed by atoms with Gasteiger partial charge in [0.1, 0.15) is 11.3 Å². The molecule has 0 N–H and O–H groups in total. The van der Waals surface area contributed by atoms with Crippen LogP contribution in [0.1, 0.15) is 37.0 Å². The van der Waals surface area contributed by atoms with Crippen LogP contribution in [0.15, 0.2) is 30.5 Å². The van der Waals surface area contributed by atoms with E-state index in [0.29, 0.717) is 29.9 Å². The van der Waals surface area contributed by atoms with Gasteiger partial charge in [0, 0.05) is 23.6 Å². The van der Waals surface area contributed by atoms with Crippen molar-refractivity contribution in [2.24, 2.45) is 5.92 Å². The topological polar surface area (TPSA) is 39.2 Å². The minimum Gasteiger partial charge on any atom is -0.491 e. The van der Waals surface area contributed by atoms with E-state index in [1.807, 2.05) is 19.1 Å². The summed E-state index contributed by atoms with van der Waals surface area (Å²) in [6.45, 7) is 3.17. The Morgan fingerprint density at radius 3 is 2.86 bits per heavy atom. The summed E-state index contributed by atoms with van der Waals surface area (Å²) in [5, 5.41) is 0.815. The Balaban J connectivity index is 2.04. The maximum atomic E-state index is 12.8. The van der Waals surface area contributed by atoms with Crippen LogP contribution in [-0.2, 0) is 0 Å². The number of fused-ring (bicyclic) bond motifs is 1. The van der Waals surface area contributed by atoms with Crippen LogP contribution in [-0.4, -0.2) is 23.8 Å². The van der Waals surface area contributed by atoms with Gasteiger partial charge in [0.2, 0.25) is 5.92 Å². The zero-order valence-corrected chi connectivity index (χ0v) is 12.7. The standard InChI is InChI=1S/C17H19F2NO2/c1-12(6-7-17(2,18)19)11-22-15-5-3-4-14-8-13(10-21)9-20-16(14)15/h3-5,8-10,12H,6-7,11H2,1-2H3. The summed E-state index contributed by atoms with van der Waals surface area (Å²) in [7, 11) is 0. The van der Waals surface area contributed by atoms with E-state index < -0.39 is 5.92 Å². The summed E-state index contributed by atoms with van der Waals surface area (Å²) in [6, 6.07) is 7.20. The predicted octanol–water partition coefficient (Wildman–Crippen LogP) is 4.50. The highest BCUT2D eigenvalue weighted by Crippen LogP contribution is 2.26. The van der Waals surface area contributed by atoms with E-state index >= 15 is 0 Å². The van der Waals surface area contributed by atoms with Crippen LogP contribution in [0.4, 0.5) is 8.78 Å². The Bertz CT molecular complexity index is 653. The van der Waals surface area contributed by atoms with Gasteiger partial charge in [-0.25, -0.2) is 8.78 Å². The maximum Gasteiger partial charge on any atom is 0.245 e. The normalized spacial score (nSPS) is 13.1. The minimum atomic E-state index is -2.64. The SMILES string of the molecule is CC(CCC(C)(F)F)COc1cccc2cc(C=O)cnc12. The number of rotatable bonds is 7. The number of hydrogen-bond acceptors (Lipinski definition) is 3. The van der Waals surface area contributed by atoms with E-state index in [1.54, 1.807) is 12.1 Å². The third-order valence-corrected chi connectivity index (χ3v) is 3.43. The van der Waals surface area contributed by atoms with E-state index in [4.69, 9.17) is 4.74 Å². The van der Waals surface area contributed by atoms with Crippen molar-refractivity contribution in [3.8, 4) is 5.75 Å². The van der Waals surface area contributed by atoms with Crippen LogP contribution in [0.2, 0.25) is 0 Å². The lowest BCUT2D eigenvalue weighted by atomic mass is 10.0. The van der Waals surface area contributed by atoms with Crippen molar-refractivity contribution < 1.29 is 18.3 Å². The second-order valence-electron chi connectivity index (χ2n) is 5.74. The van der Waals surface area contributed by atoms with E-state index in [9.17, 15) is 13.6 Å². The van der Waals surface area contributed by atoms with E-state index in [0.717, 1.165) is 18.6 Å². The zero-order valence-electron chi connectivity index (χ0n) is 12.7. The molecule has 0 fully saturated rings. The fourth-order valence-corrected chi connectivity index (χ4v) is 2.15. The summed E-state index contributed by atoms with van der Waals surface area (Å²) < 4.78 is 31.4. The molecule has 1 unspecified atom stereocenters. The predicted molar refractivity (Wildman–Crippen MR) is 81.6 cm³/mol. The van der Waals surface area contributed by atoms with Crippen LogP contribution >= 0.6 is 0 Å². The number of halogens is 2. The number of para-hydroxylation sites is 1. The molecular formula is C17H19F2NO2. The lowest BCUT2D eigenvalue weighted by Crippen LogP contribution is -2.15. The molecule has 3 nitrogen and oxygen atoms in total. The van der Waals surface area contributed by atoms with Gasteiger partial charge in [-0.05, 0) is 31.4 Å². The van der Waals surface area contributed by atoms with Gasteiger partial charge in [-0.3, -0.25) is 9.78 Å². The zero-order chi connectivity index (χ0) is 16.2. The summed E-state index contributed by atoms with van der Waals surface area (Å²) in [5.41, 5.74) is 1.17. The number of nitrogens with zero attached hydrogens (tertiary/aromatic N) is 1. The second kappa shape index (κ2) is 6.81. The molecule has 0 bridgehead atoms. The molecule has 0 spiro atoms. The van der Waals surface area contributed by atoms with E-state index in [2.05, 4.69) is 4.98 Å². The highest BCUT2D eigenvalue weighted by molar-refractivity contribution is 5.89. The van der Waals surface area contributed by atoms with Crippen molar-refractivity contribution in [2.45, 2.75) is 32.6 Å². The number of carbonyl (C=O) groups excluding carboxylic acids is 1. The van der Waals surface area contributed by atoms with Crippen molar-refractivity contribution in [2.75, 3.05) is 6.61 Å². The molecule has 1 aromatic heterocycles. The Morgan fingerprint density at radius 1 is 1.41 bits per heavy atom. The van der Waals surface area contributed by atoms with Gasteiger partial charge in [0.15, 0.2) is 6.29 Å². The van der Waals surface area contributed by atoms with Crippen molar-refractivity contribution in [3.63, 3.8) is 0 Å². The lowest BCUT2D eigenvalue weighted by Gasteiger charge is -2.16. The number of carbonyl (C=O) groups is 1. The average Bonchev–Trinajstić information content (AvgIpc) is 2.49.